The smallest absolute Gasteiger partial charge is 0.122 e. The third-order valence-corrected chi connectivity index (χ3v) is 3.78. The van der Waals surface area contributed by atoms with Crippen LogP contribution < -0.4 is 4.74 Å². The highest BCUT2D eigenvalue weighted by Gasteiger charge is 2.26. The molecule has 19 heavy (non-hydrogen) atoms. The number of hydrogen-bond donors (Lipinski definition) is 0. The van der Waals surface area contributed by atoms with Crippen molar-refractivity contribution in [3.8, 4) is 5.75 Å². The molecule has 0 spiro atoms. The van der Waals surface area contributed by atoms with E-state index in [9.17, 15) is 0 Å². The van der Waals surface area contributed by atoms with Crippen molar-refractivity contribution in [2.75, 3.05) is 20.3 Å². The largest absolute Gasteiger partial charge is 0.496 e. The Morgan fingerprint density at radius 3 is 2.84 bits per heavy atom. The molecule has 0 saturated heterocycles. The topological polar surface area (TPSA) is 21.7 Å². The van der Waals surface area contributed by atoms with Gasteiger partial charge in [-0.1, -0.05) is 19.1 Å². The molecule has 0 heterocycles. The van der Waals surface area contributed by atoms with Gasteiger partial charge in [0.2, 0.25) is 0 Å². The van der Waals surface area contributed by atoms with Gasteiger partial charge in [-0.15, -0.1) is 0 Å². The number of hydroxylamine groups is 2. The summed E-state index contributed by atoms with van der Waals surface area (Å²) >= 11 is 0. The summed E-state index contributed by atoms with van der Waals surface area (Å²) in [6.45, 7) is 6.02. The van der Waals surface area contributed by atoms with Gasteiger partial charge in [0.05, 0.1) is 13.7 Å². The summed E-state index contributed by atoms with van der Waals surface area (Å²) in [6.07, 6.45) is 4.42. The van der Waals surface area contributed by atoms with E-state index in [0.29, 0.717) is 6.04 Å². The van der Waals surface area contributed by atoms with E-state index in [2.05, 4.69) is 37.1 Å². The Labute approximate surface area is 116 Å². The lowest BCUT2D eigenvalue weighted by atomic mass is 9.87. The molecule has 0 aromatic heterocycles. The van der Waals surface area contributed by atoms with Gasteiger partial charge in [0.15, 0.2) is 0 Å². The van der Waals surface area contributed by atoms with Crippen LogP contribution >= 0.6 is 0 Å². The van der Waals surface area contributed by atoms with E-state index < -0.39 is 0 Å². The lowest BCUT2D eigenvalue weighted by Crippen LogP contribution is -2.40. The summed E-state index contributed by atoms with van der Waals surface area (Å²) in [5.41, 5.74) is 2.80. The number of rotatable bonds is 6. The molecule has 1 aromatic carbocycles. The first-order valence-electron chi connectivity index (χ1n) is 7.34. The van der Waals surface area contributed by atoms with Crippen LogP contribution in [0.3, 0.4) is 0 Å². The quantitative estimate of drug-likeness (QED) is 0.736. The Kier molecular flexibility index (Phi) is 5.23. The first kappa shape index (κ1) is 14.4. The van der Waals surface area contributed by atoms with E-state index in [4.69, 9.17) is 9.57 Å². The molecule has 106 valence electrons. The molecule has 1 aromatic rings. The van der Waals surface area contributed by atoms with Crippen molar-refractivity contribution in [1.82, 2.24) is 5.06 Å². The maximum absolute atomic E-state index is 5.80. The van der Waals surface area contributed by atoms with Gasteiger partial charge in [-0.05, 0) is 49.8 Å². The van der Waals surface area contributed by atoms with Crippen LogP contribution in [-0.2, 0) is 17.7 Å². The third kappa shape index (κ3) is 3.28. The third-order valence-electron chi connectivity index (χ3n) is 3.78. The molecule has 0 fully saturated rings. The average molecular weight is 263 g/mol. The summed E-state index contributed by atoms with van der Waals surface area (Å²) in [7, 11) is 1.76. The first-order valence-corrected chi connectivity index (χ1v) is 7.34. The van der Waals surface area contributed by atoms with Crippen molar-refractivity contribution in [3.63, 3.8) is 0 Å². The zero-order valence-electron chi connectivity index (χ0n) is 12.3. The molecule has 0 amide bonds. The van der Waals surface area contributed by atoms with E-state index in [1.54, 1.807) is 7.11 Å². The Hall–Kier alpha value is -1.06. The minimum atomic E-state index is 0.500. The van der Waals surface area contributed by atoms with Gasteiger partial charge in [0.25, 0.3) is 0 Å². The van der Waals surface area contributed by atoms with Gasteiger partial charge in [0, 0.05) is 12.6 Å². The first-order chi connectivity index (χ1) is 9.30. The maximum Gasteiger partial charge on any atom is 0.122 e. The second-order valence-electron chi connectivity index (χ2n) is 5.05. The van der Waals surface area contributed by atoms with Crippen LogP contribution in [0.4, 0.5) is 0 Å². The maximum atomic E-state index is 5.80. The fraction of sp³-hybridized carbons (Fsp3) is 0.625. The number of fused-ring (bicyclic) bond motifs is 1. The zero-order chi connectivity index (χ0) is 13.7. The van der Waals surface area contributed by atoms with Crippen LogP contribution in [0.15, 0.2) is 18.2 Å². The summed E-state index contributed by atoms with van der Waals surface area (Å²) < 4.78 is 5.46. The summed E-state index contributed by atoms with van der Waals surface area (Å²) in [6, 6.07) is 6.87. The summed E-state index contributed by atoms with van der Waals surface area (Å²) in [4.78, 5) is 5.80. The van der Waals surface area contributed by atoms with Crippen LogP contribution in [-0.4, -0.2) is 31.4 Å². The fourth-order valence-electron chi connectivity index (χ4n) is 2.93. The second kappa shape index (κ2) is 6.92. The molecule has 3 heteroatoms. The average Bonchev–Trinajstić information content (AvgIpc) is 2.45. The van der Waals surface area contributed by atoms with Crippen LogP contribution in [0, 0.1) is 0 Å². The summed E-state index contributed by atoms with van der Waals surface area (Å²) in [5, 5.41) is 2.18. The molecule has 2 rings (SSSR count). The highest BCUT2D eigenvalue weighted by molar-refractivity contribution is 5.42. The Morgan fingerprint density at radius 2 is 2.16 bits per heavy atom. The molecular weight excluding hydrogens is 238 g/mol. The van der Waals surface area contributed by atoms with Crippen LogP contribution in [0.2, 0.25) is 0 Å². The van der Waals surface area contributed by atoms with Gasteiger partial charge >= 0.3 is 0 Å². The molecule has 0 aliphatic heterocycles. The van der Waals surface area contributed by atoms with E-state index in [1.807, 2.05) is 0 Å². The SMILES string of the molecule is CCCN(OCC)C1CCc2c(cccc2OC)C1. The van der Waals surface area contributed by atoms with Crippen LogP contribution in [0.5, 0.6) is 5.75 Å². The van der Waals surface area contributed by atoms with Crippen LogP contribution in [0.1, 0.15) is 37.8 Å². The van der Waals surface area contributed by atoms with Gasteiger partial charge < -0.3 is 4.74 Å². The van der Waals surface area contributed by atoms with Crippen molar-refractivity contribution in [1.29, 1.82) is 0 Å². The van der Waals surface area contributed by atoms with Crippen LogP contribution in [0.25, 0.3) is 0 Å². The molecule has 3 nitrogen and oxygen atoms in total. The number of ether oxygens (including phenoxy) is 1. The molecule has 0 N–H and O–H groups in total. The normalized spacial score (nSPS) is 18.4. The van der Waals surface area contributed by atoms with Gasteiger partial charge in [-0.25, -0.2) is 0 Å². The Balaban J connectivity index is 2.12. The monoisotopic (exact) mass is 263 g/mol. The lowest BCUT2D eigenvalue weighted by molar-refractivity contribution is -0.184. The minimum Gasteiger partial charge on any atom is -0.496 e. The molecule has 1 aliphatic carbocycles. The Morgan fingerprint density at radius 1 is 1.32 bits per heavy atom. The number of benzene rings is 1. The lowest BCUT2D eigenvalue weighted by Gasteiger charge is -2.34. The number of nitrogens with zero attached hydrogens (tertiary/aromatic N) is 1. The van der Waals surface area contributed by atoms with E-state index in [0.717, 1.165) is 44.6 Å². The zero-order valence-corrected chi connectivity index (χ0v) is 12.3. The molecule has 1 unspecified atom stereocenters. The fourth-order valence-corrected chi connectivity index (χ4v) is 2.93. The minimum absolute atomic E-state index is 0.500. The number of hydrogen-bond acceptors (Lipinski definition) is 3. The van der Waals surface area contributed by atoms with E-state index >= 15 is 0 Å². The molecule has 1 aliphatic rings. The van der Waals surface area contributed by atoms with Gasteiger partial charge in [-0.2, -0.15) is 5.06 Å². The predicted octanol–water partition coefficient (Wildman–Crippen LogP) is 3.22. The second-order valence-corrected chi connectivity index (χ2v) is 5.05. The molecular formula is C16H25NO2. The van der Waals surface area contributed by atoms with Crippen molar-refractivity contribution in [2.45, 2.75) is 45.6 Å². The molecule has 0 radical (unpaired) electrons. The van der Waals surface area contributed by atoms with Gasteiger partial charge in [0.1, 0.15) is 5.75 Å². The molecule has 1 atom stereocenters. The van der Waals surface area contributed by atoms with Crippen molar-refractivity contribution in [2.24, 2.45) is 0 Å². The van der Waals surface area contributed by atoms with Gasteiger partial charge in [-0.3, -0.25) is 4.84 Å². The highest BCUT2D eigenvalue weighted by Crippen LogP contribution is 2.31. The van der Waals surface area contributed by atoms with E-state index in [1.165, 1.54) is 11.1 Å². The van der Waals surface area contributed by atoms with E-state index in [-0.39, 0.29) is 0 Å². The molecule has 0 saturated carbocycles. The number of methoxy groups -OCH3 is 1. The van der Waals surface area contributed by atoms with Crippen molar-refractivity contribution in [3.05, 3.63) is 29.3 Å². The standard InChI is InChI=1S/C16H25NO2/c1-4-11-17(19-5-2)14-9-10-15-13(12-14)7-6-8-16(15)18-3/h6-8,14H,4-5,9-12H2,1-3H3. The van der Waals surface area contributed by atoms with Crippen molar-refractivity contribution >= 4 is 0 Å². The predicted molar refractivity (Wildman–Crippen MR) is 77.4 cm³/mol. The molecule has 0 bridgehead atoms. The van der Waals surface area contributed by atoms with Crippen molar-refractivity contribution < 1.29 is 9.57 Å². The summed E-state index contributed by atoms with van der Waals surface area (Å²) in [5.74, 6) is 1.04. The highest BCUT2D eigenvalue weighted by atomic mass is 16.7. The Bertz CT molecular complexity index is 400.